The van der Waals surface area contributed by atoms with E-state index in [1.807, 2.05) is 30.3 Å². The van der Waals surface area contributed by atoms with Crippen LogP contribution in [0.1, 0.15) is 19.4 Å². The maximum absolute atomic E-state index is 12.9. The Morgan fingerprint density at radius 2 is 1.60 bits per heavy atom. The van der Waals surface area contributed by atoms with Gasteiger partial charge in [0.05, 0.1) is 5.60 Å². The fraction of sp³-hybridized carbons (Fsp3) is 0.294. The summed E-state index contributed by atoms with van der Waals surface area (Å²) in [7, 11) is 0. The average Bonchev–Trinajstić information content (AvgIpc) is 3.02. The molecule has 1 nitrogen and oxygen atoms in total. The molecule has 1 fully saturated rings. The molecule has 1 saturated heterocycles. The maximum atomic E-state index is 12.9. The summed E-state index contributed by atoms with van der Waals surface area (Å²) < 4.78 is 19.0. The van der Waals surface area contributed by atoms with E-state index in [1.54, 1.807) is 11.8 Å². The van der Waals surface area contributed by atoms with Crippen LogP contribution in [0.5, 0.6) is 0 Å². The molecule has 0 spiro atoms. The Bertz CT molecular complexity index is 594. The second-order valence-electron chi connectivity index (χ2n) is 5.55. The first-order valence-corrected chi connectivity index (χ1v) is 7.66. The molecule has 1 unspecified atom stereocenters. The molecule has 104 valence electrons. The van der Waals surface area contributed by atoms with Crippen LogP contribution >= 0.6 is 11.8 Å². The molecule has 0 radical (unpaired) electrons. The number of epoxide rings is 1. The minimum absolute atomic E-state index is 0.151. The van der Waals surface area contributed by atoms with Crippen molar-refractivity contribution in [3.05, 3.63) is 66.0 Å². The number of hydrogen-bond donors (Lipinski definition) is 0. The van der Waals surface area contributed by atoms with Crippen LogP contribution in [0, 0.1) is 5.82 Å². The first kappa shape index (κ1) is 13.7. The van der Waals surface area contributed by atoms with Crippen LogP contribution in [-0.2, 0) is 10.3 Å². The second kappa shape index (κ2) is 4.90. The van der Waals surface area contributed by atoms with Gasteiger partial charge in [0.15, 0.2) is 0 Å². The Morgan fingerprint density at radius 1 is 1.00 bits per heavy atom. The molecule has 1 atom stereocenters. The van der Waals surface area contributed by atoms with E-state index in [4.69, 9.17) is 4.74 Å². The summed E-state index contributed by atoms with van der Waals surface area (Å²) in [4.78, 5) is 1.06. The first-order valence-electron chi connectivity index (χ1n) is 6.68. The van der Waals surface area contributed by atoms with E-state index in [1.165, 1.54) is 17.7 Å². The van der Waals surface area contributed by atoms with E-state index >= 15 is 0 Å². The zero-order valence-corrected chi connectivity index (χ0v) is 12.4. The molecule has 3 heteroatoms. The molecule has 3 rings (SSSR count). The summed E-state index contributed by atoms with van der Waals surface area (Å²) in [5, 5.41) is 0. The lowest BCUT2D eigenvalue weighted by molar-refractivity contribution is 0.290. The van der Waals surface area contributed by atoms with Gasteiger partial charge in [-0.2, -0.15) is 0 Å². The van der Waals surface area contributed by atoms with Gasteiger partial charge in [-0.25, -0.2) is 4.39 Å². The third-order valence-corrected chi connectivity index (χ3v) is 5.01. The van der Waals surface area contributed by atoms with E-state index in [-0.39, 0.29) is 17.0 Å². The highest BCUT2D eigenvalue weighted by atomic mass is 32.2. The third kappa shape index (κ3) is 2.36. The predicted octanol–water partition coefficient (Wildman–Crippen LogP) is 4.62. The lowest BCUT2D eigenvalue weighted by atomic mass is 9.90. The van der Waals surface area contributed by atoms with E-state index in [0.717, 1.165) is 10.6 Å². The first-order chi connectivity index (χ1) is 9.53. The van der Waals surface area contributed by atoms with Gasteiger partial charge in [0.25, 0.3) is 0 Å². The topological polar surface area (TPSA) is 12.5 Å². The number of rotatable bonds is 4. The third-order valence-electron chi connectivity index (χ3n) is 3.86. The average molecular weight is 288 g/mol. The van der Waals surface area contributed by atoms with Gasteiger partial charge in [-0.3, -0.25) is 0 Å². The van der Waals surface area contributed by atoms with Crippen LogP contribution in [-0.4, -0.2) is 11.4 Å². The Morgan fingerprint density at radius 3 is 2.15 bits per heavy atom. The van der Waals surface area contributed by atoms with Gasteiger partial charge in [-0.1, -0.05) is 30.3 Å². The van der Waals surface area contributed by atoms with Crippen molar-refractivity contribution in [3.8, 4) is 0 Å². The van der Waals surface area contributed by atoms with Crippen molar-refractivity contribution >= 4 is 11.8 Å². The van der Waals surface area contributed by atoms with Gasteiger partial charge >= 0.3 is 0 Å². The summed E-state index contributed by atoms with van der Waals surface area (Å²) in [5.74, 6) is 0.630. The molecule has 2 aromatic carbocycles. The van der Waals surface area contributed by atoms with Crippen molar-refractivity contribution in [3.63, 3.8) is 0 Å². The van der Waals surface area contributed by atoms with Crippen molar-refractivity contribution in [2.45, 2.75) is 29.9 Å². The van der Waals surface area contributed by atoms with Crippen molar-refractivity contribution in [1.82, 2.24) is 0 Å². The maximum Gasteiger partial charge on any atom is 0.132 e. The predicted molar refractivity (Wildman–Crippen MR) is 80.4 cm³/mol. The molecule has 1 aliphatic rings. The molecule has 1 aliphatic heterocycles. The van der Waals surface area contributed by atoms with Crippen LogP contribution in [0.4, 0.5) is 4.39 Å². The zero-order valence-electron chi connectivity index (χ0n) is 11.6. The number of ether oxygens (including phenoxy) is 1. The summed E-state index contributed by atoms with van der Waals surface area (Å²) in [5.41, 5.74) is 0.814. The fourth-order valence-corrected chi connectivity index (χ4v) is 3.80. The number of benzene rings is 2. The van der Waals surface area contributed by atoms with Crippen LogP contribution in [0.15, 0.2) is 59.5 Å². The SMILES string of the molecule is CC1(C)OC1(CSc1ccc(F)cc1)c1ccccc1. The van der Waals surface area contributed by atoms with Gasteiger partial charge in [0.2, 0.25) is 0 Å². The van der Waals surface area contributed by atoms with Gasteiger partial charge in [0.1, 0.15) is 11.4 Å². The highest BCUT2D eigenvalue weighted by Crippen LogP contribution is 2.57. The smallest absolute Gasteiger partial charge is 0.132 e. The molecule has 0 saturated carbocycles. The number of halogens is 1. The van der Waals surface area contributed by atoms with Crippen LogP contribution in [0.25, 0.3) is 0 Å². The molecule has 0 bridgehead atoms. The van der Waals surface area contributed by atoms with Crippen molar-refractivity contribution < 1.29 is 9.13 Å². The number of thioether (sulfide) groups is 1. The second-order valence-corrected chi connectivity index (χ2v) is 6.60. The van der Waals surface area contributed by atoms with E-state index in [0.29, 0.717) is 0 Å². The summed E-state index contributed by atoms with van der Waals surface area (Å²) in [6.45, 7) is 4.23. The monoisotopic (exact) mass is 288 g/mol. The van der Waals surface area contributed by atoms with Crippen LogP contribution in [0.3, 0.4) is 0 Å². The Hall–Kier alpha value is -1.32. The van der Waals surface area contributed by atoms with Crippen molar-refractivity contribution in [1.29, 1.82) is 0 Å². The molecule has 0 aromatic heterocycles. The molecule has 0 aliphatic carbocycles. The highest BCUT2D eigenvalue weighted by molar-refractivity contribution is 7.99. The van der Waals surface area contributed by atoms with Gasteiger partial charge in [-0.15, -0.1) is 11.8 Å². The zero-order chi connectivity index (χ0) is 14.2. The highest BCUT2D eigenvalue weighted by Gasteiger charge is 2.64. The molecular weight excluding hydrogens is 271 g/mol. The fourth-order valence-electron chi connectivity index (χ4n) is 2.53. The quantitative estimate of drug-likeness (QED) is 0.601. The molecule has 0 amide bonds. The lowest BCUT2D eigenvalue weighted by Gasteiger charge is -2.15. The van der Waals surface area contributed by atoms with Crippen LogP contribution < -0.4 is 0 Å². The largest absolute Gasteiger partial charge is 0.357 e. The van der Waals surface area contributed by atoms with Gasteiger partial charge < -0.3 is 4.74 Å². The molecule has 1 heterocycles. The van der Waals surface area contributed by atoms with E-state index < -0.39 is 0 Å². The summed E-state index contributed by atoms with van der Waals surface area (Å²) >= 11 is 1.70. The van der Waals surface area contributed by atoms with Gasteiger partial charge in [-0.05, 0) is 43.7 Å². The lowest BCUT2D eigenvalue weighted by Crippen LogP contribution is -2.21. The number of hydrogen-bond acceptors (Lipinski definition) is 2. The van der Waals surface area contributed by atoms with E-state index in [2.05, 4.69) is 26.0 Å². The Balaban J connectivity index is 1.79. The van der Waals surface area contributed by atoms with Crippen LogP contribution in [0.2, 0.25) is 0 Å². The molecule has 2 aromatic rings. The van der Waals surface area contributed by atoms with E-state index in [9.17, 15) is 4.39 Å². The minimum Gasteiger partial charge on any atom is -0.357 e. The molecular formula is C17H17FOS. The molecule has 20 heavy (non-hydrogen) atoms. The Kier molecular flexibility index (Phi) is 3.35. The minimum atomic E-state index is -0.243. The van der Waals surface area contributed by atoms with Gasteiger partial charge in [0, 0.05) is 10.6 Å². The summed E-state index contributed by atoms with van der Waals surface area (Å²) in [6, 6.07) is 16.9. The van der Waals surface area contributed by atoms with Crippen molar-refractivity contribution in [2.24, 2.45) is 0 Å². The molecule has 0 N–H and O–H groups in total. The summed E-state index contributed by atoms with van der Waals surface area (Å²) in [6.07, 6.45) is 0. The standard InChI is InChI=1S/C17H17FOS/c1-16(2)17(19-16,13-6-4-3-5-7-13)12-20-15-10-8-14(18)9-11-15/h3-11H,12H2,1-2H3. The normalized spacial score (nSPS) is 23.6. The van der Waals surface area contributed by atoms with Crippen molar-refractivity contribution in [2.75, 3.05) is 5.75 Å². The Labute approximate surface area is 123 Å².